The van der Waals surface area contributed by atoms with Gasteiger partial charge in [-0.1, -0.05) is 35.3 Å². The van der Waals surface area contributed by atoms with Crippen molar-refractivity contribution in [3.63, 3.8) is 0 Å². The van der Waals surface area contributed by atoms with Gasteiger partial charge in [-0.3, -0.25) is 0 Å². The number of nitrogens with zero attached hydrogens (tertiary/aromatic N) is 2. The van der Waals surface area contributed by atoms with E-state index >= 15 is 0 Å². The number of fused-ring (bicyclic) bond motifs is 1. The molecule has 0 aliphatic carbocycles. The van der Waals surface area contributed by atoms with Crippen LogP contribution in [0.2, 0.25) is 10.0 Å². The Morgan fingerprint density at radius 1 is 1.11 bits per heavy atom. The molecule has 0 unspecified atom stereocenters. The fraction of sp³-hybridized carbons (Fsp3) is 0.100. The molecule has 136 valence electrons. The van der Waals surface area contributed by atoms with E-state index in [4.69, 9.17) is 37.9 Å². The van der Waals surface area contributed by atoms with Gasteiger partial charge in [-0.2, -0.15) is 5.26 Å². The molecule has 5 nitrogen and oxygen atoms in total. The molecule has 0 saturated heterocycles. The van der Waals surface area contributed by atoms with Crippen molar-refractivity contribution < 1.29 is 14.6 Å². The van der Waals surface area contributed by atoms with E-state index in [9.17, 15) is 5.11 Å². The van der Waals surface area contributed by atoms with Gasteiger partial charge in [0.15, 0.2) is 23.9 Å². The number of hydrogen-bond donors (Lipinski definition) is 1. The molecular weight excluding hydrogens is 387 g/mol. The minimum Gasteiger partial charge on any atom is -0.504 e. The highest BCUT2D eigenvalue weighted by atomic mass is 35.5. The van der Waals surface area contributed by atoms with Gasteiger partial charge in [0.2, 0.25) is 0 Å². The lowest BCUT2D eigenvalue weighted by molar-refractivity contribution is 0.329. The Morgan fingerprint density at radius 3 is 2.67 bits per heavy atom. The second-order valence-corrected chi connectivity index (χ2v) is 6.33. The first kappa shape index (κ1) is 18.8. The molecule has 0 amide bonds. The van der Waals surface area contributed by atoms with Crippen LogP contribution in [0.3, 0.4) is 0 Å². The molecule has 1 N–H and O–H groups in total. The Balaban J connectivity index is 1.92. The molecule has 0 radical (unpaired) electrons. The smallest absolute Gasteiger partial charge is 0.174 e. The molecular formula is C20H14Cl2N2O3. The predicted octanol–water partition coefficient (Wildman–Crippen LogP) is 5.33. The molecule has 2 aromatic carbocycles. The number of methoxy groups -OCH3 is 1. The standard InChI is InChI=1S/C20H14Cl2N2O3/c1-26-18-10-12(3-7-17(18)27-9-8-23)2-4-13-5-6-14-15(21)11-16(22)20(25)19(14)24-13/h2-7,10-11,25H,9H2,1H3. The number of phenolic OH excluding ortho intramolecular Hbond substituents is 1. The first-order valence-corrected chi connectivity index (χ1v) is 8.62. The van der Waals surface area contributed by atoms with Crippen LogP contribution in [0.1, 0.15) is 11.3 Å². The molecule has 1 heterocycles. The number of benzene rings is 2. The largest absolute Gasteiger partial charge is 0.504 e. The zero-order valence-corrected chi connectivity index (χ0v) is 15.8. The number of rotatable bonds is 5. The number of aromatic hydroxyl groups is 1. The summed E-state index contributed by atoms with van der Waals surface area (Å²) >= 11 is 12.1. The lowest BCUT2D eigenvalue weighted by Gasteiger charge is -2.09. The molecule has 3 aromatic rings. The van der Waals surface area contributed by atoms with Gasteiger partial charge in [0.25, 0.3) is 0 Å². The number of aromatic nitrogens is 1. The van der Waals surface area contributed by atoms with Crippen LogP contribution in [0.25, 0.3) is 23.1 Å². The van der Waals surface area contributed by atoms with Gasteiger partial charge in [-0.15, -0.1) is 0 Å². The second-order valence-electron chi connectivity index (χ2n) is 5.51. The zero-order chi connectivity index (χ0) is 19.4. The van der Waals surface area contributed by atoms with Gasteiger partial charge in [-0.05, 0) is 42.0 Å². The number of nitriles is 1. The maximum atomic E-state index is 10.1. The third kappa shape index (κ3) is 4.08. The summed E-state index contributed by atoms with van der Waals surface area (Å²) in [5, 5.41) is 19.9. The van der Waals surface area contributed by atoms with Gasteiger partial charge in [0.05, 0.1) is 22.8 Å². The van der Waals surface area contributed by atoms with E-state index in [0.717, 1.165) is 5.56 Å². The van der Waals surface area contributed by atoms with Crippen molar-refractivity contribution in [2.45, 2.75) is 0 Å². The van der Waals surface area contributed by atoms with Crippen LogP contribution in [0.5, 0.6) is 17.2 Å². The van der Waals surface area contributed by atoms with Crippen LogP contribution < -0.4 is 9.47 Å². The van der Waals surface area contributed by atoms with E-state index in [-0.39, 0.29) is 17.4 Å². The number of halogens is 2. The van der Waals surface area contributed by atoms with Crippen molar-refractivity contribution in [1.82, 2.24) is 4.98 Å². The van der Waals surface area contributed by atoms with Crippen molar-refractivity contribution in [3.8, 4) is 23.3 Å². The summed E-state index contributed by atoms with van der Waals surface area (Å²) in [5.74, 6) is 0.913. The Labute approximate surface area is 166 Å². The summed E-state index contributed by atoms with van der Waals surface area (Å²) in [6.07, 6.45) is 3.63. The van der Waals surface area contributed by atoms with Crippen molar-refractivity contribution in [3.05, 3.63) is 57.7 Å². The molecule has 27 heavy (non-hydrogen) atoms. The SMILES string of the molecule is COc1cc(C=Cc2ccc3c(Cl)cc(Cl)c(O)c3n2)ccc1OCC#N. The molecule has 1 aromatic heterocycles. The summed E-state index contributed by atoms with van der Waals surface area (Å²) in [5.41, 5.74) is 1.82. The molecule has 0 atom stereocenters. The Bertz CT molecular complexity index is 1070. The molecule has 0 spiro atoms. The third-order valence-electron chi connectivity index (χ3n) is 3.80. The van der Waals surface area contributed by atoms with E-state index < -0.39 is 0 Å². The fourth-order valence-corrected chi connectivity index (χ4v) is 3.03. The van der Waals surface area contributed by atoms with Gasteiger partial charge in [-0.25, -0.2) is 4.98 Å². The summed E-state index contributed by atoms with van der Waals surface area (Å²) in [6, 6.07) is 12.3. The van der Waals surface area contributed by atoms with E-state index in [1.54, 1.807) is 30.3 Å². The molecule has 3 rings (SSSR count). The highest BCUT2D eigenvalue weighted by Gasteiger charge is 2.11. The van der Waals surface area contributed by atoms with Crippen LogP contribution in [-0.2, 0) is 0 Å². The second kappa shape index (κ2) is 8.17. The molecule has 0 saturated carbocycles. The summed E-state index contributed by atoms with van der Waals surface area (Å²) < 4.78 is 10.6. The maximum absolute atomic E-state index is 10.1. The minimum absolute atomic E-state index is 0.0544. The first-order valence-electron chi connectivity index (χ1n) is 7.87. The predicted molar refractivity (Wildman–Crippen MR) is 106 cm³/mol. The molecule has 7 heteroatoms. The average Bonchev–Trinajstić information content (AvgIpc) is 2.69. The lowest BCUT2D eigenvalue weighted by Crippen LogP contribution is -1.96. The summed E-state index contributed by atoms with van der Waals surface area (Å²) in [6.45, 7) is -0.0544. The summed E-state index contributed by atoms with van der Waals surface area (Å²) in [7, 11) is 1.53. The Hall–Kier alpha value is -2.94. The van der Waals surface area contributed by atoms with Crippen LogP contribution in [0, 0.1) is 11.3 Å². The number of hydrogen-bond acceptors (Lipinski definition) is 5. The Kier molecular flexibility index (Phi) is 5.70. The highest BCUT2D eigenvalue weighted by molar-refractivity contribution is 6.39. The normalized spacial score (nSPS) is 10.9. The van der Waals surface area contributed by atoms with E-state index in [1.807, 2.05) is 18.2 Å². The lowest BCUT2D eigenvalue weighted by atomic mass is 10.1. The van der Waals surface area contributed by atoms with Gasteiger partial charge in [0, 0.05) is 5.39 Å². The average molecular weight is 401 g/mol. The topological polar surface area (TPSA) is 75.4 Å². The summed E-state index contributed by atoms with van der Waals surface area (Å²) in [4.78, 5) is 4.41. The van der Waals surface area contributed by atoms with E-state index in [2.05, 4.69) is 4.98 Å². The number of pyridine rings is 1. The van der Waals surface area contributed by atoms with E-state index in [1.165, 1.54) is 13.2 Å². The van der Waals surface area contributed by atoms with E-state index in [0.29, 0.717) is 33.1 Å². The van der Waals surface area contributed by atoms with Gasteiger partial charge < -0.3 is 14.6 Å². The van der Waals surface area contributed by atoms with Crippen molar-refractivity contribution in [2.24, 2.45) is 0 Å². The van der Waals surface area contributed by atoms with Crippen molar-refractivity contribution in [1.29, 1.82) is 5.26 Å². The molecule has 0 fully saturated rings. The number of ether oxygens (including phenoxy) is 2. The quantitative estimate of drug-likeness (QED) is 0.626. The van der Waals surface area contributed by atoms with Crippen LogP contribution in [-0.4, -0.2) is 23.8 Å². The fourth-order valence-electron chi connectivity index (χ4n) is 2.51. The van der Waals surface area contributed by atoms with Crippen molar-refractivity contribution in [2.75, 3.05) is 13.7 Å². The minimum atomic E-state index is -0.105. The van der Waals surface area contributed by atoms with Gasteiger partial charge >= 0.3 is 0 Å². The first-order chi connectivity index (χ1) is 13.0. The monoisotopic (exact) mass is 400 g/mol. The Morgan fingerprint density at radius 2 is 1.93 bits per heavy atom. The molecule has 0 aliphatic heterocycles. The zero-order valence-electron chi connectivity index (χ0n) is 14.2. The van der Waals surface area contributed by atoms with Crippen LogP contribution >= 0.6 is 23.2 Å². The number of phenols is 1. The van der Waals surface area contributed by atoms with Crippen LogP contribution in [0.4, 0.5) is 0 Å². The molecule has 0 bridgehead atoms. The maximum Gasteiger partial charge on any atom is 0.174 e. The van der Waals surface area contributed by atoms with Crippen molar-refractivity contribution >= 4 is 46.3 Å². The van der Waals surface area contributed by atoms with Crippen LogP contribution in [0.15, 0.2) is 36.4 Å². The third-order valence-corrected chi connectivity index (χ3v) is 4.41. The highest BCUT2D eigenvalue weighted by Crippen LogP contribution is 2.36. The molecule has 0 aliphatic rings. The van der Waals surface area contributed by atoms with Gasteiger partial charge in [0.1, 0.15) is 11.6 Å².